The molecule has 2 aromatic heterocycles. The Hall–Kier alpha value is -1.87. The first kappa shape index (κ1) is 10.6. The number of ether oxygens (including phenoxy) is 1. The second kappa shape index (κ2) is 4.77. The van der Waals surface area contributed by atoms with E-state index >= 15 is 0 Å². The number of nitrogens with one attached hydrogen (secondary N) is 2. The maximum absolute atomic E-state index is 11.5. The number of hydrogen-bond acceptors (Lipinski definition) is 7. The molecular formula is C7H8N6O2S. The van der Waals surface area contributed by atoms with Crippen LogP contribution in [-0.4, -0.2) is 38.4 Å². The van der Waals surface area contributed by atoms with Crippen molar-refractivity contribution in [2.45, 2.75) is 6.61 Å². The van der Waals surface area contributed by atoms with Gasteiger partial charge in [-0.1, -0.05) is 11.3 Å². The van der Waals surface area contributed by atoms with Crippen LogP contribution in [0.5, 0.6) is 0 Å². The lowest BCUT2D eigenvalue weighted by molar-refractivity contribution is 0.101. The maximum atomic E-state index is 11.5. The van der Waals surface area contributed by atoms with E-state index in [9.17, 15) is 4.79 Å². The normalized spacial score (nSPS) is 10.3. The SMILES string of the molecule is COCc1nnc(NC(=O)c2ncn[nH]2)s1. The lowest BCUT2D eigenvalue weighted by Crippen LogP contribution is -2.13. The summed E-state index contributed by atoms with van der Waals surface area (Å²) in [7, 11) is 1.56. The van der Waals surface area contributed by atoms with E-state index < -0.39 is 5.91 Å². The summed E-state index contributed by atoms with van der Waals surface area (Å²) in [6, 6.07) is 0. The third kappa shape index (κ3) is 2.38. The molecule has 0 atom stereocenters. The molecule has 0 spiro atoms. The zero-order valence-electron chi connectivity index (χ0n) is 8.30. The molecule has 2 rings (SSSR count). The minimum absolute atomic E-state index is 0.128. The molecule has 8 nitrogen and oxygen atoms in total. The lowest BCUT2D eigenvalue weighted by atomic mass is 10.6. The number of amides is 1. The summed E-state index contributed by atoms with van der Waals surface area (Å²) in [5, 5.41) is 17.2. The number of aromatic amines is 1. The molecule has 1 amide bonds. The molecule has 0 aliphatic carbocycles. The fourth-order valence-electron chi connectivity index (χ4n) is 0.957. The molecule has 0 aliphatic heterocycles. The summed E-state index contributed by atoms with van der Waals surface area (Å²) < 4.78 is 4.89. The number of methoxy groups -OCH3 is 1. The van der Waals surface area contributed by atoms with Crippen LogP contribution in [0.15, 0.2) is 6.33 Å². The predicted octanol–water partition coefficient (Wildman–Crippen LogP) is 0.0549. The molecule has 0 unspecified atom stereocenters. The van der Waals surface area contributed by atoms with Crippen LogP contribution in [0.2, 0.25) is 0 Å². The average Bonchev–Trinajstić information content (AvgIpc) is 2.89. The Bertz CT molecular complexity index is 467. The zero-order valence-corrected chi connectivity index (χ0v) is 9.11. The van der Waals surface area contributed by atoms with Crippen LogP contribution >= 0.6 is 11.3 Å². The summed E-state index contributed by atoms with van der Waals surface area (Å²) in [6.07, 6.45) is 1.26. The van der Waals surface area contributed by atoms with Gasteiger partial charge in [-0.25, -0.2) is 4.98 Å². The van der Waals surface area contributed by atoms with Crippen molar-refractivity contribution in [3.05, 3.63) is 17.2 Å². The van der Waals surface area contributed by atoms with E-state index in [1.807, 2.05) is 0 Å². The van der Waals surface area contributed by atoms with Crippen LogP contribution in [0.3, 0.4) is 0 Å². The van der Waals surface area contributed by atoms with Crippen molar-refractivity contribution in [3.8, 4) is 0 Å². The molecule has 2 heterocycles. The molecule has 0 aromatic carbocycles. The van der Waals surface area contributed by atoms with Crippen molar-refractivity contribution in [1.29, 1.82) is 0 Å². The van der Waals surface area contributed by atoms with Crippen molar-refractivity contribution in [2.24, 2.45) is 0 Å². The summed E-state index contributed by atoms with van der Waals surface area (Å²) in [5.74, 6) is -0.277. The molecule has 0 radical (unpaired) electrons. The highest BCUT2D eigenvalue weighted by atomic mass is 32.1. The van der Waals surface area contributed by atoms with Crippen LogP contribution in [0, 0.1) is 0 Å². The second-order valence-corrected chi connectivity index (χ2v) is 3.78. The maximum Gasteiger partial charge on any atom is 0.294 e. The molecule has 2 N–H and O–H groups in total. The van der Waals surface area contributed by atoms with Gasteiger partial charge in [0.05, 0.1) is 0 Å². The minimum Gasteiger partial charge on any atom is -0.377 e. The predicted molar refractivity (Wildman–Crippen MR) is 55.0 cm³/mol. The molecule has 16 heavy (non-hydrogen) atoms. The van der Waals surface area contributed by atoms with E-state index in [1.54, 1.807) is 7.11 Å². The van der Waals surface area contributed by atoms with Gasteiger partial charge in [0, 0.05) is 7.11 Å². The third-order valence-electron chi connectivity index (χ3n) is 1.59. The van der Waals surface area contributed by atoms with Gasteiger partial charge in [-0.15, -0.1) is 10.2 Å². The van der Waals surface area contributed by atoms with Crippen LogP contribution in [0.1, 0.15) is 15.6 Å². The largest absolute Gasteiger partial charge is 0.377 e. The van der Waals surface area contributed by atoms with Crippen molar-refractivity contribution in [1.82, 2.24) is 25.4 Å². The Labute approximate surface area is 94.1 Å². The molecule has 0 aliphatic rings. The van der Waals surface area contributed by atoms with Crippen LogP contribution in [0.25, 0.3) is 0 Å². The monoisotopic (exact) mass is 240 g/mol. The first-order valence-corrected chi connectivity index (χ1v) is 5.09. The minimum atomic E-state index is -0.405. The molecular weight excluding hydrogens is 232 g/mol. The lowest BCUT2D eigenvalue weighted by Gasteiger charge is -1.95. The number of hydrogen-bond donors (Lipinski definition) is 2. The Morgan fingerprint density at radius 1 is 1.62 bits per heavy atom. The van der Waals surface area contributed by atoms with Gasteiger partial charge in [-0.05, 0) is 0 Å². The Morgan fingerprint density at radius 3 is 3.19 bits per heavy atom. The van der Waals surface area contributed by atoms with Gasteiger partial charge in [0.2, 0.25) is 11.0 Å². The number of carbonyl (C=O) groups is 1. The van der Waals surface area contributed by atoms with Gasteiger partial charge < -0.3 is 4.74 Å². The van der Waals surface area contributed by atoms with E-state index in [1.165, 1.54) is 17.7 Å². The van der Waals surface area contributed by atoms with Crippen LogP contribution < -0.4 is 5.32 Å². The first-order valence-electron chi connectivity index (χ1n) is 4.27. The quantitative estimate of drug-likeness (QED) is 0.782. The van der Waals surface area contributed by atoms with Crippen molar-refractivity contribution in [3.63, 3.8) is 0 Å². The average molecular weight is 240 g/mol. The number of nitrogens with zero attached hydrogens (tertiary/aromatic N) is 4. The highest BCUT2D eigenvalue weighted by Crippen LogP contribution is 2.15. The zero-order chi connectivity index (χ0) is 11.4. The highest BCUT2D eigenvalue weighted by Gasteiger charge is 2.11. The molecule has 84 valence electrons. The highest BCUT2D eigenvalue weighted by molar-refractivity contribution is 7.15. The van der Waals surface area contributed by atoms with Crippen molar-refractivity contribution < 1.29 is 9.53 Å². The standard InChI is InChI=1S/C7H8N6O2S/c1-15-2-4-11-13-7(16-4)10-6(14)5-8-3-9-12-5/h3H,2H2,1H3,(H,8,9,12)(H,10,13,14). The Kier molecular flexibility index (Phi) is 3.17. The van der Waals surface area contributed by atoms with Crippen LogP contribution in [0.4, 0.5) is 5.13 Å². The number of anilines is 1. The van der Waals surface area contributed by atoms with Gasteiger partial charge in [0.1, 0.15) is 17.9 Å². The van der Waals surface area contributed by atoms with Gasteiger partial charge in [0.25, 0.3) is 5.91 Å². The summed E-state index contributed by atoms with van der Waals surface area (Å²) in [6.45, 7) is 0.371. The topological polar surface area (TPSA) is 106 Å². The van der Waals surface area contributed by atoms with E-state index in [2.05, 4.69) is 30.7 Å². The van der Waals surface area contributed by atoms with E-state index in [-0.39, 0.29) is 5.82 Å². The smallest absolute Gasteiger partial charge is 0.294 e. The van der Waals surface area contributed by atoms with E-state index in [0.29, 0.717) is 16.7 Å². The molecule has 0 fully saturated rings. The van der Waals surface area contributed by atoms with Gasteiger partial charge in [-0.3, -0.25) is 15.2 Å². The van der Waals surface area contributed by atoms with E-state index in [4.69, 9.17) is 4.74 Å². The number of rotatable bonds is 4. The van der Waals surface area contributed by atoms with Gasteiger partial charge >= 0.3 is 0 Å². The van der Waals surface area contributed by atoms with E-state index in [0.717, 1.165) is 0 Å². The summed E-state index contributed by atoms with van der Waals surface area (Å²) in [4.78, 5) is 15.2. The number of H-pyrrole nitrogens is 1. The Morgan fingerprint density at radius 2 is 2.50 bits per heavy atom. The molecule has 0 saturated heterocycles. The number of carbonyl (C=O) groups excluding carboxylic acids is 1. The molecule has 0 saturated carbocycles. The van der Waals surface area contributed by atoms with Crippen LogP contribution in [-0.2, 0) is 11.3 Å². The third-order valence-corrected chi connectivity index (χ3v) is 2.40. The van der Waals surface area contributed by atoms with Gasteiger partial charge in [-0.2, -0.15) is 5.10 Å². The fourth-order valence-corrected chi connectivity index (χ4v) is 1.66. The molecule has 0 bridgehead atoms. The van der Waals surface area contributed by atoms with Gasteiger partial charge in [0.15, 0.2) is 0 Å². The first-order chi connectivity index (χ1) is 7.79. The van der Waals surface area contributed by atoms with Crippen molar-refractivity contribution in [2.75, 3.05) is 12.4 Å². The summed E-state index contributed by atoms with van der Waals surface area (Å²) >= 11 is 1.24. The Balaban J connectivity index is 2.01. The number of aromatic nitrogens is 5. The fraction of sp³-hybridized carbons (Fsp3) is 0.286. The summed E-state index contributed by atoms with van der Waals surface area (Å²) in [5.41, 5.74) is 0. The molecule has 2 aromatic rings. The second-order valence-electron chi connectivity index (χ2n) is 2.72. The van der Waals surface area contributed by atoms with Crippen molar-refractivity contribution >= 4 is 22.4 Å². The molecule has 9 heteroatoms.